The van der Waals surface area contributed by atoms with Gasteiger partial charge in [0.25, 0.3) is 10.1 Å². The van der Waals surface area contributed by atoms with Crippen LogP contribution in [0.5, 0.6) is 0 Å². The number of hydrogen-bond acceptors (Lipinski definition) is 4. The van der Waals surface area contributed by atoms with Crippen molar-refractivity contribution in [2.45, 2.75) is 4.90 Å². The minimum Gasteiger partial charge on any atom is -0.288 e. The first-order valence-electron chi connectivity index (χ1n) is 6.06. The molecule has 21 heavy (non-hydrogen) atoms. The van der Waals surface area contributed by atoms with E-state index in [1.165, 1.54) is 29.5 Å². The number of ketones is 1. The highest BCUT2D eigenvalue weighted by atomic mass is 32.2. The van der Waals surface area contributed by atoms with E-state index in [0.717, 1.165) is 10.1 Å². The molecule has 0 atom stereocenters. The van der Waals surface area contributed by atoms with Crippen molar-refractivity contribution in [3.05, 3.63) is 65.0 Å². The summed E-state index contributed by atoms with van der Waals surface area (Å²) in [5, 5.41) is 0.926. The number of carbonyl (C=O) groups is 1. The van der Waals surface area contributed by atoms with Crippen LogP contribution in [0.3, 0.4) is 0 Å². The van der Waals surface area contributed by atoms with Crippen molar-refractivity contribution in [1.29, 1.82) is 0 Å². The van der Waals surface area contributed by atoms with Crippen LogP contribution in [0.25, 0.3) is 10.1 Å². The number of benzene rings is 2. The molecular formula is C15H10O4S2. The zero-order chi connectivity index (χ0) is 15.0. The van der Waals surface area contributed by atoms with Crippen LogP contribution in [0, 0.1) is 0 Å². The molecule has 0 aliphatic heterocycles. The molecule has 0 amide bonds. The fourth-order valence-corrected chi connectivity index (χ4v) is 3.81. The summed E-state index contributed by atoms with van der Waals surface area (Å²) in [6.45, 7) is 0. The Morgan fingerprint density at radius 1 is 1.00 bits per heavy atom. The standard InChI is InChI=1S/C15H10O4S2/c16-15(11-6-2-4-8-14(11)21(17,18)19)13-9-10-5-1-3-7-12(10)20-13/h1-9H,(H,17,18,19). The number of carbonyl (C=O) groups excluding carboxylic acids is 1. The molecule has 0 fully saturated rings. The van der Waals surface area contributed by atoms with Crippen molar-refractivity contribution in [2.24, 2.45) is 0 Å². The van der Waals surface area contributed by atoms with Gasteiger partial charge in [-0.3, -0.25) is 9.35 Å². The van der Waals surface area contributed by atoms with Gasteiger partial charge in [-0.05, 0) is 29.7 Å². The summed E-state index contributed by atoms with van der Waals surface area (Å²) in [6, 6.07) is 14.9. The molecule has 4 nitrogen and oxygen atoms in total. The summed E-state index contributed by atoms with van der Waals surface area (Å²) >= 11 is 1.29. The molecule has 1 N–H and O–H groups in total. The lowest BCUT2D eigenvalue weighted by Gasteiger charge is -2.04. The van der Waals surface area contributed by atoms with Crippen molar-refractivity contribution in [2.75, 3.05) is 0 Å². The maximum absolute atomic E-state index is 12.5. The quantitative estimate of drug-likeness (QED) is 0.593. The van der Waals surface area contributed by atoms with Gasteiger partial charge in [0.05, 0.1) is 4.88 Å². The smallest absolute Gasteiger partial charge is 0.288 e. The highest BCUT2D eigenvalue weighted by Crippen LogP contribution is 2.28. The van der Waals surface area contributed by atoms with Crippen LogP contribution in [-0.4, -0.2) is 18.8 Å². The highest BCUT2D eigenvalue weighted by Gasteiger charge is 2.22. The van der Waals surface area contributed by atoms with Gasteiger partial charge in [0.2, 0.25) is 5.78 Å². The largest absolute Gasteiger partial charge is 0.295 e. The first-order valence-corrected chi connectivity index (χ1v) is 8.32. The van der Waals surface area contributed by atoms with Gasteiger partial charge in [0, 0.05) is 10.3 Å². The van der Waals surface area contributed by atoms with E-state index >= 15 is 0 Å². The number of thiophene rings is 1. The molecule has 0 aliphatic carbocycles. The molecule has 1 heterocycles. The van der Waals surface area contributed by atoms with Crippen LogP contribution in [0.1, 0.15) is 15.2 Å². The molecule has 0 unspecified atom stereocenters. The van der Waals surface area contributed by atoms with E-state index in [1.54, 1.807) is 12.1 Å². The van der Waals surface area contributed by atoms with Crippen LogP contribution in [0.15, 0.2) is 59.5 Å². The lowest BCUT2D eigenvalue weighted by Crippen LogP contribution is -2.08. The average Bonchev–Trinajstić information content (AvgIpc) is 2.89. The van der Waals surface area contributed by atoms with E-state index in [1.807, 2.05) is 24.3 Å². The third-order valence-corrected chi connectivity index (χ3v) is 5.09. The van der Waals surface area contributed by atoms with Crippen LogP contribution in [0.2, 0.25) is 0 Å². The molecule has 106 valence electrons. The van der Waals surface area contributed by atoms with Crippen molar-refractivity contribution in [3.63, 3.8) is 0 Å². The Bertz CT molecular complexity index is 906. The minimum absolute atomic E-state index is 0.0217. The van der Waals surface area contributed by atoms with E-state index in [4.69, 9.17) is 0 Å². The number of fused-ring (bicyclic) bond motifs is 1. The summed E-state index contributed by atoms with van der Waals surface area (Å²) in [7, 11) is -4.43. The van der Waals surface area contributed by atoms with Gasteiger partial charge < -0.3 is 0 Å². The lowest BCUT2D eigenvalue weighted by molar-refractivity contribution is 0.103. The molecule has 1 aromatic heterocycles. The summed E-state index contributed by atoms with van der Waals surface area (Å²) in [6.07, 6.45) is 0. The average molecular weight is 318 g/mol. The predicted octanol–water partition coefficient (Wildman–Crippen LogP) is 3.38. The maximum atomic E-state index is 12.5. The van der Waals surface area contributed by atoms with E-state index in [-0.39, 0.29) is 10.5 Å². The van der Waals surface area contributed by atoms with Gasteiger partial charge in [-0.15, -0.1) is 11.3 Å². The lowest BCUT2D eigenvalue weighted by atomic mass is 10.1. The maximum Gasteiger partial charge on any atom is 0.295 e. The zero-order valence-corrected chi connectivity index (χ0v) is 12.3. The first-order chi connectivity index (χ1) is 9.97. The second-order valence-corrected chi connectivity index (χ2v) is 6.92. The molecule has 0 saturated heterocycles. The fraction of sp³-hybridized carbons (Fsp3) is 0. The molecule has 0 saturated carbocycles. The van der Waals surface area contributed by atoms with Crippen LogP contribution >= 0.6 is 11.3 Å². The zero-order valence-electron chi connectivity index (χ0n) is 10.7. The van der Waals surface area contributed by atoms with Gasteiger partial charge in [-0.1, -0.05) is 30.3 Å². The Morgan fingerprint density at radius 2 is 1.67 bits per heavy atom. The molecule has 2 aromatic carbocycles. The number of hydrogen-bond donors (Lipinski definition) is 1. The van der Waals surface area contributed by atoms with Crippen molar-refractivity contribution in [3.8, 4) is 0 Å². The topological polar surface area (TPSA) is 71.4 Å². The van der Waals surface area contributed by atoms with Crippen LogP contribution < -0.4 is 0 Å². The Morgan fingerprint density at radius 3 is 2.38 bits per heavy atom. The summed E-state index contributed by atoms with van der Waals surface area (Å²) < 4.78 is 32.9. The van der Waals surface area contributed by atoms with E-state index < -0.39 is 15.9 Å². The van der Waals surface area contributed by atoms with Crippen molar-refractivity contribution >= 4 is 37.3 Å². The molecule has 0 radical (unpaired) electrons. The Balaban J connectivity index is 2.15. The predicted molar refractivity (Wildman–Crippen MR) is 81.5 cm³/mol. The Hall–Kier alpha value is -2.02. The van der Waals surface area contributed by atoms with Gasteiger partial charge in [-0.2, -0.15) is 8.42 Å². The Kier molecular flexibility index (Phi) is 3.36. The van der Waals surface area contributed by atoms with E-state index in [9.17, 15) is 17.8 Å². The molecule has 3 rings (SSSR count). The SMILES string of the molecule is O=C(c1cc2ccccc2s1)c1ccccc1S(=O)(=O)O. The summed E-state index contributed by atoms with van der Waals surface area (Å²) in [5.74, 6) is -0.413. The second-order valence-electron chi connectivity index (χ2n) is 4.45. The molecule has 0 spiro atoms. The molecule has 0 bridgehead atoms. The Labute approximate surface area is 125 Å². The molecule has 0 aliphatic rings. The monoisotopic (exact) mass is 318 g/mol. The molecule has 3 aromatic rings. The van der Waals surface area contributed by atoms with Crippen molar-refractivity contribution in [1.82, 2.24) is 0 Å². The van der Waals surface area contributed by atoms with Gasteiger partial charge in [0.15, 0.2) is 0 Å². The van der Waals surface area contributed by atoms with Crippen LogP contribution in [0.4, 0.5) is 0 Å². The van der Waals surface area contributed by atoms with E-state index in [0.29, 0.717) is 4.88 Å². The van der Waals surface area contributed by atoms with Gasteiger partial charge in [0.1, 0.15) is 4.90 Å². The first kappa shape index (κ1) is 13.9. The molecular weight excluding hydrogens is 308 g/mol. The highest BCUT2D eigenvalue weighted by molar-refractivity contribution is 7.86. The second kappa shape index (κ2) is 5.07. The summed E-state index contributed by atoms with van der Waals surface area (Å²) in [5.41, 5.74) is -0.0217. The fourth-order valence-electron chi connectivity index (χ4n) is 2.11. The van der Waals surface area contributed by atoms with Gasteiger partial charge >= 0.3 is 0 Å². The molecule has 6 heteroatoms. The number of rotatable bonds is 3. The van der Waals surface area contributed by atoms with Crippen molar-refractivity contribution < 1.29 is 17.8 Å². The minimum atomic E-state index is -4.43. The third-order valence-electron chi connectivity index (χ3n) is 3.06. The van der Waals surface area contributed by atoms with E-state index in [2.05, 4.69) is 0 Å². The summed E-state index contributed by atoms with van der Waals surface area (Å²) in [4.78, 5) is 12.6. The third kappa shape index (κ3) is 2.61. The van der Waals surface area contributed by atoms with Crippen LogP contribution in [-0.2, 0) is 10.1 Å². The normalized spacial score (nSPS) is 11.7. The van der Waals surface area contributed by atoms with Gasteiger partial charge in [-0.25, -0.2) is 0 Å².